The molecule has 2 rings (SSSR count). The maximum absolute atomic E-state index is 9.38. The second kappa shape index (κ2) is 3.74. The third-order valence-electron chi connectivity index (χ3n) is 1.72. The van der Waals surface area contributed by atoms with Crippen molar-refractivity contribution in [2.45, 2.75) is 0 Å². The summed E-state index contributed by atoms with van der Waals surface area (Å²) in [7, 11) is 0. The summed E-state index contributed by atoms with van der Waals surface area (Å²) in [5.74, 6) is 0. The largest absolute Gasteiger partial charge is 0.427 e. The Bertz CT molecular complexity index is 476. The average Bonchev–Trinajstić information content (AvgIpc) is 2.23. The molecular formula is C10H9N3O. The molecule has 0 aliphatic heterocycles. The molecule has 1 N–H and O–H groups in total. The summed E-state index contributed by atoms with van der Waals surface area (Å²) >= 11 is 0. The van der Waals surface area contributed by atoms with Crippen molar-refractivity contribution in [3.05, 3.63) is 54.4 Å². The van der Waals surface area contributed by atoms with Gasteiger partial charge in [0.2, 0.25) is 0 Å². The Balaban J connectivity index is 2.51. The van der Waals surface area contributed by atoms with Gasteiger partial charge in [0.25, 0.3) is 0 Å². The van der Waals surface area contributed by atoms with Gasteiger partial charge in [-0.05, 0) is 24.3 Å². The standard InChI is InChI=1S/C10H9N3O/c14-13-8-2-1-3-10(13)12-9-4-6-11-7-5-9/h1-8,14H. The van der Waals surface area contributed by atoms with Crippen LogP contribution in [0.1, 0.15) is 0 Å². The van der Waals surface area contributed by atoms with Crippen molar-refractivity contribution < 1.29 is 5.21 Å². The fourth-order valence-corrected chi connectivity index (χ4v) is 1.06. The molecule has 0 aromatic carbocycles. The van der Waals surface area contributed by atoms with Gasteiger partial charge in [-0.15, -0.1) is 0 Å². The zero-order valence-electron chi connectivity index (χ0n) is 7.41. The second-order valence-corrected chi connectivity index (χ2v) is 2.72. The fraction of sp³-hybridized carbons (Fsp3) is 0. The Morgan fingerprint density at radius 1 is 1.14 bits per heavy atom. The molecule has 0 atom stereocenters. The molecule has 70 valence electrons. The Morgan fingerprint density at radius 3 is 2.64 bits per heavy atom. The van der Waals surface area contributed by atoms with E-state index < -0.39 is 0 Å². The summed E-state index contributed by atoms with van der Waals surface area (Å²) in [5, 5.41) is 9.38. The number of aromatic nitrogens is 2. The first-order valence-corrected chi connectivity index (χ1v) is 4.18. The van der Waals surface area contributed by atoms with Gasteiger partial charge >= 0.3 is 0 Å². The predicted octanol–water partition coefficient (Wildman–Crippen LogP) is 1.35. The first-order chi connectivity index (χ1) is 6.86. The van der Waals surface area contributed by atoms with E-state index in [0.29, 0.717) is 5.49 Å². The van der Waals surface area contributed by atoms with Crippen molar-refractivity contribution in [1.29, 1.82) is 0 Å². The highest BCUT2D eigenvalue weighted by molar-refractivity contribution is 5.33. The van der Waals surface area contributed by atoms with Crippen LogP contribution in [0.3, 0.4) is 0 Å². The first kappa shape index (κ1) is 8.50. The second-order valence-electron chi connectivity index (χ2n) is 2.72. The Kier molecular flexibility index (Phi) is 2.27. The summed E-state index contributed by atoms with van der Waals surface area (Å²) in [6, 6.07) is 8.80. The topological polar surface area (TPSA) is 50.4 Å². The highest BCUT2D eigenvalue weighted by Gasteiger charge is 1.88. The SMILES string of the molecule is On1ccccc1=Nc1ccncc1. The molecule has 0 spiro atoms. The van der Waals surface area contributed by atoms with Crippen molar-refractivity contribution >= 4 is 5.69 Å². The molecule has 0 fully saturated rings. The number of hydrogen-bond donors (Lipinski definition) is 1. The third-order valence-corrected chi connectivity index (χ3v) is 1.72. The predicted molar refractivity (Wildman–Crippen MR) is 51.1 cm³/mol. The maximum Gasteiger partial charge on any atom is 0.168 e. The Labute approximate surface area is 80.8 Å². The van der Waals surface area contributed by atoms with E-state index >= 15 is 0 Å². The summed E-state index contributed by atoms with van der Waals surface area (Å²) < 4.78 is 0.973. The summed E-state index contributed by atoms with van der Waals surface area (Å²) in [4.78, 5) is 8.09. The van der Waals surface area contributed by atoms with Crippen LogP contribution in [0, 0.1) is 0 Å². The van der Waals surface area contributed by atoms with Gasteiger partial charge in [-0.1, -0.05) is 6.07 Å². The van der Waals surface area contributed by atoms with Crippen LogP contribution < -0.4 is 5.49 Å². The molecule has 0 saturated heterocycles. The minimum Gasteiger partial charge on any atom is -0.427 e. The van der Waals surface area contributed by atoms with Crippen LogP contribution in [-0.2, 0) is 0 Å². The highest BCUT2D eigenvalue weighted by Crippen LogP contribution is 2.05. The van der Waals surface area contributed by atoms with Crippen LogP contribution in [0.15, 0.2) is 53.9 Å². The lowest BCUT2D eigenvalue weighted by molar-refractivity contribution is 0.172. The van der Waals surface area contributed by atoms with Crippen molar-refractivity contribution in [2.75, 3.05) is 0 Å². The fourth-order valence-electron chi connectivity index (χ4n) is 1.06. The monoisotopic (exact) mass is 187 g/mol. The maximum atomic E-state index is 9.38. The van der Waals surface area contributed by atoms with E-state index in [1.165, 1.54) is 6.20 Å². The van der Waals surface area contributed by atoms with Crippen molar-refractivity contribution in [3.8, 4) is 0 Å². The summed E-state index contributed by atoms with van der Waals surface area (Å²) in [6.45, 7) is 0. The van der Waals surface area contributed by atoms with Gasteiger partial charge in [-0.3, -0.25) is 4.98 Å². The molecule has 0 aliphatic carbocycles. The van der Waals surface area contributed by atoms with Gasteiger partial charge < -0.3 is 5.21 Å². The third kappa shape index (κ3) is 1.80. The van der Waals surface area contributed by atoms with Gasteiger partial charge in [0.05, 0.1) is 5.69 Å². The normalized spacial score (nSPS) is 11.6. The molecule has 0 saturated carbocycles. The van der Waals surface area contributed by atoms with Gasteiger partial charge in [-0.25, -0.2) is 4.99 Å². The van der Waals surface area contributed by atoms with Crippen LogP contribution in [0.2, 0.25) is 0 Å². The lowest BCUT2D eigenvalue weighted by Crippen LogP contribution is -2.16. The van der Waals surface area contributed by atoms with E-state index in [1.807, 2.05) is 6.07 Å². The molecule has 2 aromatic rings. The van der Waals surface area contributed by atoms with Crippen LogP contribution >= 0.6 is 0 Å². The molecule has 2 heterocycles. The Hall–Kier alpha value is -2.10. The Morgan fingerprint density at radius 2 is 1.93 bits per heavy atom. The molecule has 0 aliphatic rings. The van der Waals surface area contributed by atoms with E-state index in [4.69, 9.17) is 0 Å². The van der Waals surface area contributed by atoms with Gasteiger partial charge in [0.1, 0.15) is 0 Å². The number of hydrogen-bond acceptors (Lipinski definition) is 3. The molecule has 0 bridgehead atoms. The highest BCUT2D eigenvalue weighted by atomic mass is 16.5. The quantitative estimate of drug-likeness (QED) is 0.685. The van der Waals surface area contributed by atoms with Crippen LogP contribution in [0.25, 0.3) is 0 Å². The van der Waals surface area contributed by atoms with Crippen LogP contribution in [0.4, 0.5) is 5.69 Å². The van der Waals surface area contributed by atoms with Gasteiger partial charge in [0, 0.05) is 18.6 Å². The van der Waals surface area contributed by atoms with Crippen LogP contribution in [-0.4, -0.2) is 14.9 Å². The van der Waals surface area contributed by atoms with Crippen molar-refractivity contribution in [3.63, 3.8) is 0 Å². The van der Waals surface area contributed by atoms with Gasteiger partial charge in [-0.2, -0.15) is 4.73 Å². The van der Waals surface area contributed by atoms with E-state index in [9.17, 15) is 5.21 Å². The molecular weight excluding hydrogens is 178 g/mol. The average molecular weight is 187 g/mol. The molecule has 0 amide bonds. The van der Waals surface area contributed by atoms with Crippen molar-refractivity contribution in [2.24, 2.45) is 4.99 Å². The minimum absolute atomic E-state index is 0.485. The number of rotatable bonds is 1. The molecule has 0 radical (unpaired) electrons. The smallest absolute Gasteiger partial charge is 0.168 e. The lowest BCUT2D eigenvalue weighted by atomic mass is 10.4. The molecule has 4 nitrogen and oxygen atoms in total. The van der Waals surface area contributed by atoms with E-state index in [1.54, 1.807) is 36.7 Å². The van der Waals surface area contributed by atoms with E-state index in [2.05, 4.69) is 9.98 Å². The number of nitrogens with zero attached hydrogens (tertiary/aromatic N) is 3. The lowest BCUT2D eigenvalue weighted by Gasteiger charge is -1.96. The number of pyridine rings is 2. The van der Waals surface area contributed by atoms with Crippen LogP contribution in [0.5, 0.6) is 0 Å². The molecule has 0 unspecified atom stereocenters. The van der Waals surface area contributed by atoms with E-state index in [-0.39, 0.29) is 0 Å². The minimum atomic E-state index is 0.485. The summed E-state index contributed by atoms with van der Waals surface area (Å²) in [6.07, 6.45) is 4.84. The molecule has 2 aromatic heterocycles. The summed E-state index contributed by atoms with van der Waals surface area (Å²) in [5.41, 5.74) is 1.24. The molecule has 4 heteroatoms. The first-order valence-electron chi connectivity index (χ1n) is 4.18. The van der Waals surface area contributed by atoms with Gasteiger partial charge in [0.15, 0.2) is 5.49 Å². The van der Waals surface area contributed by atoms with Crippen molar-refractivity contribution in [1.82, 2.24) is 9.71 Å². The van der Waals surface area contributed by atoms with E-state index in [0.717, 1.165) is 10.4 Å². The molecule has 14 heavy (non-hydrogen) atoms. The zero-order valence-corrected chi connectivity index (χ0v) is 7.41. The zero-order chi connectivity index (χ0) is 9.80.